The van der Waals surface area contributed by atoms with Crippen molar-refractivity contribution in [2.75, 3.05) is 11.9 Å². The first-order valence-corrected chi connectivity index (χ1v) is 9.30. The quantitative estimate of drug-likeness (QED) is 0.334. The number of amides is 1. The second-order valence-electron chi connectivity index (χ2n) is 5.16. The van der Waals surface area contributed by atoms with E-state index in [1.807, 2.05) is 0 Å². The van der Waals surface area contributed by atoms with Gasteiger partial charge in [-0.3, -0.25) is 15.1 Å². The van der Waals surface area contributed by atoms with Gasteiger partial charge in [0.2, 0.25) is 0 Å². The molecule has 1 amide bonds. The number of ether oxygens (including phenoxy) is 1. The molecule has 3 rings (SSSR count). The van der Waals surface area contributed by atoms with E-state index in [4.69, 9.17) is 24.8 Å². The Morgan fingerprint density at radius 2 is 2.30 bits per heavy atom. The highest BCUT2D eigenvalue weighted by molar-refractivity contribution is 8.06. The highest BCUT2D eigenvalue weighted by atomic mass is 32.5. The summed E-state index contributed by atoms with van der Waals surface area (Å²) >= 11 is 4.35. The zero-order valence-electron chi connectivity index (χ0n) is 11.7. The number of nitrogens with one attached hydrogen (secondary N) is 2. The number of anilines is 1. The Labute approximate surface area is 135 Å². The molecule has 7 N–H and O–H groups in total. The first-order valence-electron chi connectivity index (χ1n) is 6.68. The third kappa shape index (κ3) is 3.54. The Bertz CT molecular complexity index is 664. The van der Waals surface area contributed by atoms with E-state index < -0.39 is 37.4 Å². The van der Waals surface area contributed by atoms with E-state index in [0.29, 0.717) is 5.82 Å². The van der Waals surface area contributed by atoms with Crippen LogP contribution >= 0.6 is 6.72 Å². The van der Waals surface area contributed by atoms with Gasteiger partial charge in [0, 0.05) is 6.42 Å². The molecule has 23 heavy (non-hydrogen) atoms. The molecule has 1 aromatic heterocycles. The first-order chi connectivity index (χ1) is 10.7. The molecule has 0 aromatic carbocycles. The lowest BCUT2D eigenvalue weighted by atomic mass is 10.2. The minimum atomic E-state index is -3.82. The van der Waals surface area contributed by atoms with Gasteiger partial charge < -0.3 is 34.8 Å². The lowest BCUT2D eigenvalue weighted by Crippen LogP contribution is -2.51. The van der Waals surface area contributed by atoms with Gasteiger partial charge in [0.1, 0.15) is 18.1 Å². The molecule has 3 heterocycles. The summed E-state index contributed by atoms with van der Waals surface area (Å²) in [6, 6.07) is 0. The maximum absolute atomic E-state index is 11.8. The van der Waals surface area contributed by atoms with Crippen LogP contribution < -0.4 is 16.4 Å². The van der Waals surface area contributed by atoms with Crippen molar-refractivity contribution in [3.05, 3.63) is 12.0 Å². The molecule has 2 aliphatic rings. The van der Waals surface area contributed by atoms with Crippen LogP contribution in [0.1, 0.15) is 23.1 Å². The van der Waals surface area contributed by atoms with Crippen molar-refractivity contribution in [2.45, 2.75) is 31.1 Å². The average Bonchev–Trinajstić information content (AvgIpc) is 2.99. The van der Waals surface area contributed by atoms with Gasteiger partial charge in [-0.25, -0.2) is 4.98 Å². The zero-order valence-corrected chi connectivity index (χ0v) is 13.4. The van der Waals surface area contributed by atoms with Gasteiger partial charge in [-0.1, -0.05) is 0 Å². The normalized spacial score (nSPS) is 30.7. The molecule has 128 valence electrons. The standard InChI is InChI=1S/C10H16N5O6PS/c11-10-13-8-7(9(17)14-10)12-3-15(8)6-1-4(16)5(21-6)2-20-22(18,19)23/h3-6,10,13,16H,1-2,11H2,(H,14,17)(H2,18,19,23)/t4-,5+,6+,10?/m0/s1. The monoisotopic (exact) mass is 365 g/mol. The number of rotatable bonds is 4. The SMILES string of the molecule is NC1NC(=O)c2ncn([C@H]3C[C@H](O)[C@@H](COP(O)(O)=S)O3)c2N1. The lowest BCUT2D eigenvalue weighted by molar-refractivity contribution is -0.0405. The smallest absolute Gasteiger partial charge is 0.321 e. The number of carbonyl (C=O) groups is 1. The van der Waals surface area contributed by atoms with Crippen molar-refractivity contribution in [2.24, 2.45) is 5.73 Å². The fourth-order valence-corrected chi connectivity index (χ4v) is 3.01. The second-order valence-corrected chi connectivity index (χ2v) is 7.83. The third-order valence-electron chi connectivity index (χ3n) is 3.51. The van der Waals surface area contributed by atoms with Gasteiger partial charge >= 0.3 is 6.72 Å². The first kappa shape index (κ1) is 16.7. The summed E-state index contributed by atoms with van der Waals surface area (Å²) in [7, 11) is 0. The molecule has 1 saturated heterocycles. The van der Waals surface area contributed by atoms with Crippen LogP contribution in [-0.4, -0.2) is 55.5 Å². The van der Waals surface area contributed by atoms with Crippen LogP contribution in [-0.2, 0) is 21.1 Å². The summed E-state index contributed by atoms with van der Waals surface area (Å²) < 4.78 is 11.9. The number of aromatic nitrogens is 2. The van der Waals surface area contributed by atoms with Gasteiger partial charge in [-0.15, -0.1) is 0 Å². The van der Waals surface area contributed by atoms with Crippen LogP contribution in [0.15, 0.2) is 6.33 Å². The number of nitrogens with two attached hydrogens (primary N) is 1. The van der Waals surface area contributed by atoms with Crippen molar-refractivity contribution in [3.8, 4) is 0 Å². The summed E-state index contributed by atoms with van der Waals surface area (Å²) in [5.74, 6) is -0.0286. The van der Waals surface area contributed by atoms with Gasteiger partial charge in [0.15, 0.2) is 12.0 Å². The van der Waals surface area contributed by atoms with Crippen LogP contribution in [0.4, 0.5) is 5.82 Å². The zero-order chi connectivity index (χ0) is 16.8. The van der Waals surface area contributed by atoms with Crippen LogP contribution in [0.2, 0.25) is 0 Å². The molecule has 1 unspecified atom stereocenters. The summed E-state index contributed by atoms with van der Waals surface area (Å²) in [5.41, 5.74) is 5.83. The Hall–Kier alpha value is -1.11. The molecular weight excluding hydrogens is 349 g/mol. The predicted molar refractivity (Wildman–Crippen MR) is 80.5 cm³/mol. The molecule has 0 spiro atoms. The van der Waals surface area contributed by atoms with Crippen molar-refractivity contribution >= 4 is 30.3 Å². The average molecular weight is 365 g/mol. The van der Waals surface area contributed by atoms with E-state index in [1.54, 1.807) is 4.57 Å². The summed E-state index contributed by atoms with van der Waals surface area (Å²) in [4.78, 5) is 33.9. The van der Waals surface area contributed by atoms with Gasteiger partial charge in [0.05, 0.1) is 19.0 Å². The van der Waals surface area contributed by atoms with Crippen molar-refractivity contribution in [1.29, 1.82) is 0 Å². The van der Waals surface area contributed by atoms with E-state index in [1.165, 1.54) is 6.33 Å². The molecule has 13 heteroatoms. The summed E-state index contributed by atoms with van der Waals surface area (Å²) in [6.07, 6.45) is -1.45. The maximum Gasteiger partial charge on any atom is 0.321 e. The highest BCUT2D eigenvalue weighted by Crippen LogP contribution is 2.39. The number of hydrogen-bond acceptors (Lipinski definition) is 8. The molecule has 11 nitrogen and oxygen atoms in total. The Balaban J connectivity index is 1.74. The molecule has 0 saturated carbocycles. The van der Waals surface area contributed by atoms with Gasteiger partial charge in [-0.2, -0.15) is 0 Å². The van der Waals surface area contributed by atoms with E-state index in [0.717, 1.165) is 0 Å². The Morgan fingerprint density at radius 1 is 1.57 bits per heavy atom. The number of aliphatic hydroxyl groups is 1. The van der Waals surface area contributed by atoms with Gasteiger partial charge in [-0.05, 0) is 11.8 Å². The van der Waals surface area contributed by atoms with E-state index in [-0.39, 0.29) is 18.7 Å². The van der Waals surface area contributed by atoms with E-state index in [2.05, 4.69) is 27.4 Å². The number of hydrogen-bond donors (Lipinski definition) is 6. The summed E-state index contributed by atoms with van der Waals surface area (Å²) in [6.45, 7) is -4.08. The molecule has 2 aliphatic heterocycles. The van der Waals surface area contributed by atoms with Gasteiger partial charge in [0.25, 0.3) is 5.91 Å². The molecular formula is C10H16N5O6PS. The van der Waals surface area contributed by atoms with Crippen LogP contribution in [0.5, 0.6) is 0 Å². The highest BCUT2D eigenvalue weighted by Gasteiger charge is 2.38. The number of aliphatic hydroxyl groups excluding tert-OH is 1. The van der Waals surface area contributed by atoms with Crippen molar-refractivity contribution in [3.63, 3.8) is 0 Å². The fourth-order valence-electron chi connectivity index (χ4n) is 2.49. The number of nitrogens with zero attached hydrogens (tertiary/aromatic N) is 2. The molecule has 1 aromatic rings. The number of imidazole rings is 1. The second kappa shape index (κ2) is 6.07. The molecule has 1 fully saturated rings. The van der Waals surface area contributed by atoms with Crippen LogP contribution in [0, 0.1) is 0 Å². The van der Waals surface area contributed by atoms with Crippen molar-refractivity contribution < 1.29 is 28.9 Å². The lowest BCUT2D eigenvalue weighted by Gasteiger charge is -2.25. The predicted octanol–water partition coefficient (Wildman–Crippen LogP) is -1.85. The topological polar surface area (TPSA) is 164 Å². The van der Waals surface area contributed by atoms with Crippen molar-refractivity contribution in [1.82, 2.24) is 14.9 Å². The van der Waals surface area contributed by atoms with Crippen LogP contribution in [0.25, 0.3) is 0 Å². The van der Waals surface area contributed by atoms with Crippen LogP contribution in [0.3, 0.4) is 0 Å². The minimum absolute atomic E-state index is 0.172. The summed E-state index contributed by atoms with van der Waals surface area (Å²) in [5, 5.41) is 15.4. The molecule has 0 aliphatic carbocycles. The number of carbonyl (C=O) groups excluding carboxylic acids is 1. The molecule has 0 bridgehead atoms. The van der Waals surface area contributed by atoms with E-state index >= 15 is 0 Å². The molecule has 4 atom stereocenters. The Morgan fingerprint density at radius 3 is 3.00 bits per heavy atom. The fraction of sp³-hybridized carbons (Fsp3) is 0.600. The minimum Gasteiger partial charge on any atom is -0.390 e. The Kier molecular flexibility index (Phi) is 4.42. The van der Waals surface area contributed by atoms with E-state index in [9.17, 15) is 9.90 Å². The molecule has 0 radical (unpaired) electrons. The largest absolute Gasteiger partial charge is 0.390 e. The third-order valence-corrected chi connectivity index (χ3v) is 4.31. The number of fused-ring (bicyclic) bond motifs is 1. The maximum atomic E-state index is 11.8.